The van der Waals surface area contributed by atoms with E-state index in [-0.39, 0.29) is 29.6 Å². The summed E-state index contributed by atoms with van der Waals surface area (Å²) in [5.41, 5.74) is 10.8. The molecule has 2 aromatic rings. The summed E-state index contributed by atoms with van der Waals surface area (Å²) >= 11 is 0. The molecule has 0 fully saturated rings. The fraction of sp³-hybridized carbons (Fsp3) is 0.0769. The molecule has 1 aromatic carbocycles. The lowest BCUT2D eigenvalue weighted by Gasteiger charge is -2.08. The molecule has 1 aromatic heterocycles. The van der Waals surface area contributed by atoms with E-state index in [4.69, 9.17) is 11.5 Å². The molecule has 0 spiro atoms. The number of primary amides is 2. The summed E-state index contributed by atoms with van der Waals surface area (Å²) in [4.78, 5) is 30.3. The van der Waals surface area contributed by atoms with Gasteiger partial charge in [-0.05, 0) is 24.3 Å². The third kappa shape index (κ3) is 3.66. The first-order valence-electron chi connectivity index (χ1n) is 5.96. The van der Waals surface area contributed by atoms with Crippen LogP contribution in [0.25, 0.3) is 11.4 Å². The third-order valence-electron chi connectivity index (χ3n) is 2.55. The van der Waals surface area contributed by atoms with Gasteiger partial charge in [-0.1, -0.05) is 0 Å². The number of rotatable bonds is 5. The van der Waals surface area contributed by atoms with Crippen LogP contribution in [0.5, 0.6) is 5.75 Å². The van der Waals surface area contributed by atoms with Crippen LogP contribution in [0.4, 0.5) is 5.82 Å². The number of phenolic OH excluding ortho intramolecular Hbond substituents is 1. The summed E-state index contributed by atoms with van der Waals surface area (Å²) in [5.74, 6) is -0.712. The monoisotopic (exact) mass is 287 g/mol. The molecule has 2 amide bonds. The number of phenols is 1. The maximum Gasteiger partial charge on any atom is 0.267 e. The first-order valence-corrected chi connectivity index (χ1v) is 5.96. The highest BCUT2D eigenvalue weighted by Gasteiger charge is 2.11. The highest BCUT2D eigenvalue weighted by Crippen LogP contribution is 2.20. The molecule has 8 nitrogen and oxygen atoms in total. The number of amides is 2. The molecule has 2 rings (SSSR count). The van der Waals surface area contributed by atoms with E-state index in [1.54, 1.807) is 12.1 Å². The second-order valence-corrected chi connectivity index (χ2v) is 4.19. The van der Waals surface area contributed by atoms with E-state index in [0.717, 1.165) is 0 Å². The fourth-order valence-corrected chi connectivity index (χ4v) is 1.58. The number of hydrogen-bond donors (Lipinski definition) is 4. The summed E-state index contributed by atoms with van der Waals surface area (Å²) < 4.78 is 0. The molecule has 0 radical (unpaired) electrons. The number of anilines is 1. The smallest absolute Gasteiger partial charge is 0.267 e. The number of nitrogens with two attached hydrogens (primary N) is 2. The van der Waals surface area contributed by atoms with E-state index in [0.29, 0.717) is 5.56 Å². The van der Waals surface area contributed by atoms with Crippen LogP contribution in [-0.4, -0.2) is 33.4 Å². The summed E-state index contributed by atoms with van der Waals surface area (Å²) in [6.45, 7) is -0.135. The van der Waals surface area contributed by atoms with Crippen LogP contribution in [0.15, 0.2) is 30.3 Å². The van der Waals surface area contributed by atoms with Gasteiger partial charge in [0.05, 0.1) is 6.54 Å². The first kappa shape index (κ1) is 14.3. The van der Waals surface area contributed by atoms with Crippen molar-refractivity contribution in [2.24, 2.45) is 11.5 Å². The van der Waals surface area contributed by atoms with Crippen LogP contribution in [0.3, 0.4) is 0 Å². The lowest BCUT2D eigenvalue weighted by Crippen LogP contribution is -2.23. The molecule has 0 unspecified atom stereocenters. The van der Waals surface area contributed by atoms with Crippen LogP contribution in [0.1, 0.15) is 10.5 Å². The summed E-state index contributed by atoms with van der Waals surface area (Å²) in [7, 11) is 0. The van der Waals surface area contributed by atoms with Crippen molar-refractivity contribution in [3.63, 3.8) is 0 Å². The fourth-order valence-electron chi connectivity index (χ4n) is 1.58. The minimum Gasteiger partial charge on any atom is -0.508 e. The Kier molecular flexibility index (Phi) is 3.98. The lowest BCUT2D eigenvalue weighted by molar-refractivity contribution is -0.116. The van der Waals surface area contributed by atoms with Crippen molar-refractivity contribution in [1.82, 2.24) is 9.97 Å². The second kappa shape index (κ2) is 5.87. The van der Waals surface area contributed by atoms with Crippen LogP contribution < -0.4 is 16.8 Å². The topological polar surface area (TPSA) is 144 Å². The molecule has 1 heterocycles. The molecule has 0 saturated heterocycles. The predicted octanol–water partition coefficient (Wildman–Crippen LogP) is -0.155. The molecular formula is C13H13N5O3. The molecule has 0 atom stereocenters. The quantitative estimate of drug-likeness (QED) is 0.601. The van der Waals surface area contributed by atoms with Crippen molar-refractivity contribution in [2.45, 2.75) is 0 Å². The Morgan fingerprint density at radius 2 is 1.81 bits per heavy atom. The lowest BCUT2D eigenvalue weighted by atomic mass is 10.2. The van der Waals surface area contributed by atoms with Gasteiger partial charge in [0.15, 0.2) is 5.82 Å². The Morgan fingerprint density at radius 1 is 1.14 bits per heavy atom. The standard InChI is InChI=1S/C13H13N5O3/c14-10(20)6-16-11-5-9(12(15)21)17-13(18-11)7-1-3-8(19)4-2-7/h1-5,19H,6H2,(H2,14,20)(H2,15,21)(H,16,17,18). The van der Waals surface area contributed by atoms with Gasteiger partial charge in [0, 0.05) is 11.6 Å². The first-order chi connectivity index (χ1) is 9.95. The zero-order valence-corrected chi connectivity index (χ0v) is 10.9. The Hall–Kier alpha value is -3.16. The van der Waals surface area contributed by atoms with Gasteiger partial charge in [-0.25, -0.2) is 9.97 Å². The number of aromatic nitrogens is 2. The van der Waals surface area contributed by atoms with Crippen molar-refractivity contribution >= 4 is 17.6 Å². The van der Waals surface area contributed by atoms with E-state index in [1.807, 2.05) is 0 Å². The van der Waals surface area contributed by atoms with E-state index in [1.165, 1.54) is 18.2 Å². The Balaban J connectivity index is 2.42. The molecule has 108 valence electrons. The summed E-state index contributed by atoms with van der Waals surface area (Å²) in [6, 6.07) is 7.44. The van der Waals surface area contributed by atoms with E-state index in [2.05, 4.69) is 15.3 Å². The summed E-state index contributed by atoms with van der Waals surface area (Å²) in [6.07, 6.45) is 0. The molecular weight excluding hydrogens is 274 g/mol. The molecule has 8 heteroatoms. The van der Waals surface area contributed by atoms with Gasteiger partial charge in [0.1, 0.15) is 17.3 Å². The van der Waals surface area contributed by atoms with Crippen molar-refractivity contribution in [3.8, 4) is 17.1 Å². The Labute approximate surface area is 119 Å². The minimum absolute atomic E-state index is 0.0000420. The number of benzene rings is 1. The van der Waals surface area contributed by atoms with E-state index in [9.17, 15) is 14.7 Å². The van der Waals surface area contributed by atoms with Gasteiger partial charge >= 0.3 is 0 Å². The van der Waals surface area contributed by atoms with E-state index >= 15 is 0 Å². The van der Waals surface area contributed by atoms with Gasteiger partial charge in [0.2, 0.25) is 5.91 Å². The molecule has 21 heavy (non-hydrogen) atoms. The van der Waals surface area contributed by atoms with E-state index < -0.39 is 11.8 Å². The average Bonchev–Trinajstić information content (AvgIpc) is 2.45. The number of nitrogens with zero attached hydrogens (tertiary/aromatic N) is 2. The zero-order valence-electron chi connectivity index (χ0n) is 10.9. The van der Waals surface area contributed by atoms with Crippen molar-refractivity contribution < 1.29 is 14.7 Å². The largest absolute Gasteiger partial charge is 0.508 e. The van der Waals surface area contributed by atoms with Crippen LogP contribution in [-0.2, 0) is 4.79 Å². The summed E-state index contributed by atoms with van der Waals surface area (Å²) in [5, 5.41) is 11.9. The SMILES string of the molecule is NC(=O)CNc1cc(C(N)=O)nc(-c2ccc(O)cc2)n1. The van der Waals surface area contributed by atoms with Crippen LogP contribution in [0, 0.1) is 0 Å². The molecule has 6 N–H and O–H groups in total. The Bertz CT molecular complexity index is 685. The molecule has 0 aliphatic heterocycles. The highest BCUT2D eigenvalue weighted by molar-refractivity contribution is 5.92. The number of aromatic hydroxyl groups is 1. The van der Waals surface area contributed by atoms with Gasteiger partial charge in [0.25, 0.3) is 5.91 Å². The average molecular weight is 287 g/mol. The van der Waals surface area contributed by atoms with Gasteiger partial charge in [-0.15, -0.1) is 0 Å². The van der Waals surface area contributed by atoms with Crippen molar-refractivity contribution in [1.29, 1.82) is 0 Å². The third-order valence-corrected chi connectivity index (χ3v) is 2.55. The molecule has 0 aliphatic rings. The number of nitrogens with one attached hydrogen (secondary N) is 1. The van der Waals surface area contributed by atoms with Gasteiger partial charge in [-0.2, -0.15) is 0 Å². The predicted molar refractivity (Wildman–Crippen MR) is 75.3 cm³/mol. The van der Waals surface area contributed by atoms with Crippen molar-refractivity contribution in [2.75, 3.05) is 11.9 Å². The maximum atomic E-state index is 11.3. The number of carbonyl (C=O) groups excluding carboxylic acids is 2. The number of carbonyl (C=O) groups is 2. The normalized spacial score (nSPS) is 10.1. The zero-order chi connectivity index (χ0) is 15.4. The highest BCUT2D eigenvalue weighted by atomic mass is 16.3. The van der Waals surface area contributed by atoms with Gasteiger partial charge in [-0.3, -0.25) is 9.59 Å². The maximum absolute atomic E-state index is 11.3. The molecule has 0 bridgehead atoms. The molecule has 0 aliphatic carbocycles. The Morgan fingerprint density at radius 3 is 2.38 bits per heavy atom. The minimum atomic E-state index is -0.723. The van der Waals surface area contributed by atoms with Crippen molar-refractivity contribution in [3.05, 3.63) is 36.0 Å². The van der Waals surface area contributed by atoms with Gasteiger partial charge < -0.3 is 21.9 Å². The van der Waals surface area contributed by atoms with Crippen LogP contribution >= 0.6 is 0 Å². The molecule has 0 saturated carbocycles. The second-order valence-electron chi connectivity index (χ2n) is 4.19. The van der Waals surface area contributed by atoms with Crippen LogP contribution in [0.2, 0.25) is 0 Å². The number of hydrogen-bond acceptors (Lipinski definition) is 6.